The van der Waals surface area contributed by atoms with Crippen molar-refractivity contribution in [2.24, 2.45) is 0 Å². The second kappa shape index (κ2) is 6.77. The SMILES string of the molecule is CCO[Si](Cc1ccc(C)cc1)OCC. The van der Waals surface area contributed by atoms with Crippen LogP contribution in [-0.2, 0) is 14.9 Å². The van der Waals surface area contributed by atoms with Crippen molar-refractivity contribution >= 4 is 9.28 Å². The van der Waals surface area contributed by atoms with Crippen molar-refractivity contribution in [1.29, 1.82) is 0 Å². The van der Waals surface area contributed by atoms with E-state index in [2.05, 4.69) is 31.2 Å². The third-order valence-corrected chi connectivity index (χ3v) is 4.00. The summed E-state index contributed by atoms with van der Waals surface area (Å²) in [4.78, 5) is 0. The molecule has 0 N–H and O–H groups in total. The number of benzene rings is 1. The highest BCUT2D eigenvalue weighted by molar-refractivity contribution is 6.43. The molecule has 0 amide bonds. The molecule has 2 nitrogen and oxygen atoms in total. The van der Waals surface area contributed by atoms with Gasteiger partial charge in [-0.05, 0) is 26.3 Å². The van der Waals surface area contributed by atoms with Gasteiger partial charge in [-0.1, -0.05) is 29.8 Å². The van der Waals surface area contributed by atoms with Crippen molar-refractivity contribution in [3.05, 3.63) is 35.4 Å². The monoisotopic (exact) mass is 223 g/mol. The van der Waals surface area contributed by atoms with E-state index in [9.17, 15) is 0 Å². The summed E-state index contributed by atoms with van der Waals surface area (Å²) in [5, 5.41) is 0. The minimum Gasteiger partial charge on any atom is -0.393 e. The van der Waals surface area contributed by atoms with Gasteiger partial charge in [-0.25, -0.2) is 0 Å². The van der Waals surface area contributed by atoms with Crippen LogP contribution < -0.4 is 0 Å². The predicted molar refractivity (Wildman–Crippen MR) is 63.9 cm³/mol. The second-order valence-electron chi connectivity index (χ2n) is 3.40. The molecule has 1 rings (SSSR count). The predicted octanol–water partition coefficient (Wildman–Crippen LogP) is 2.64. The lowest BCUT2D eigenvalue weighted by Gasteiger charge is -2.13. The van der Waals surface area contributed by atoms with E-state index < -0.39 is 9.28 Å². The molecule has 0 spiro atoms. The lowest BCUT2D eigenvalue weighted by molar-refractivity contribution is 0.213. The van der Waals surface area contributed by atoms with Crippen LogP contribution in [0.5, 0.6) is 0 Å². The third-order valence-electron chi connectivity index (χ3n) is 2.08. The molecule has 0 saturated carbocycles. The van der Waals surface area contributed by atoms with Gasteiger partial charge in [0.2, 0.25) is 0 Å². The Morgan fingerprint density at radius 3 is 2.00 bits per heavy atom. The van der Waals surface area contributed by atoms with Crippen molar-refractivity contribution in [3.63, 3.8) is 0 Å². The highest BCUT2D eigenvalue weighted by Gasteiger charge is 2.14. The van der Waals surface area contributed by atoms with Gasteiger partial charge in [-0.2, -0.15) is 0 Å². The van der Waals surface area contributed by atoms with Crippen LogP contribution in [-0.4, -0.2) is 22.5 Å². The second-order valence-corrected chi connectivity index (χ2v) is 5.08. The van der Waals surface area contributed by atoms with Crippen LogP contribution in [0, 0.1) is 6.92 Å². The fourth-order valence-electron chi connectivity index (χ4n) is 1.34. The molecule has 0 aliphatic rings. The smallest absolute Gasteiger partial charge is 0.389 e. The van der Waals surface area contributed by atoms with Gasteiger partial charge in [0.1, 0.15) is 0 Å². The lowest BCUT2D eigenvalue weighted by atomic mass is 10.2. The minimum absolute atomic E-state index is 0.736. The summed E-state index contributed by atoms with van der Waals surface area (Å²) in [5.41, 5.74) is 2.59. The summed E-state index contributed by atoms with van der Waals surface area (Å²) in [7, 11) is -1.11. The summed E-state index contributed by atoms with van der Waals surface area (Å²) in [5.74, 6) is 0. The van der Waals surface area contributed by atoms with Gasteiger partial charge in [0.25, 0.3) is 0 Å². The van der Waals surface area contributed by atoms with Crippen LogP contribution in [0.2, 0.25) is 0 Å². The first-order chi connectivity index (χ1) is 7.26. The molecule has 83 valence electrons. The zero-order valence-electron chi connectivity index (χ0n) is 9.75. The Balaban J connectivity index is 2.53. The van der Waals surface area contributed by atoms with Gasteiger partial charge < -0.3 is 8.85 Å². The van der Waals surface area contributed by atoms with Gasteiger partial charge in [0.15, 0.2) is 0 Å². The maximum absolute atomic E-state index is 5.60. The summed E-state index contributed by atoms with van der Waals surface area (Å²) in [6, 6.07) is 9.49. The molecule has 0 atom stereocenters. The Bertz CT molecular complexity index is 265. The average Bonchev–Trinajstić information content (AvgIpc) is 2.22. The van der Waals surface area contributed by atoms with Crippen LogP contribution in [0.3, 0.4) is 0 Å². The van der Waals surface area contributed by atoms with Crippen LogP contribution in [0.25, 0.3) is 0 Å². The molecule has 1 aromatic carbocycles. The van der Waals surface area contributed by atoms with E-state index in [-0.39, 0.29) is 0 Å². The fraction of sp³-hybridized carbons (Fsp3) is 0.500. The molecule has 0 unspecified atom stereocenters. The molecule has 0 bridgehead atoms. The van der Waals surface area contributed by atoms with E-state index in [4.69, 9.17) is 8.85 Å². The Labute approximate surface area is 94.1 Å². The normalized spacial score (nSPS) is 10.9. The Kier molecular flexibility index (Phi) is 5.61. The van der Waals surface area contributed by atoms with Gasteiger partial charge >= 0.3 is 9.28 Å². The highest BCUT2D eigenvalue weighted by Crippen LogP contribution is 2.07. The van der Waals surface area contributed by atoms with E-state index in [1.54, 1.807) is 0 Å². The molecule has 0 saturated heterocycles. The van der Waals surface area contributed by atoms with Crippen molar-refractivity contribution in [2.45, 2.75) is 26.8 Å². The highest BCUT2D eigenvalue weighted by atomic mass is 28.3. The van der Waals surface area contributed by atoms with E-state index in [0.717, 1.165) is 19.3 Å². The average molecular weight is 223 g/mol. The molecule has 0 fully saturated rings. The quantitative estimate of drug-likeness (QED) is 0.690. The maximum Gasteiger partial charge on any atom is 0.389 e. The topological polar surface area (TPSA) is 18.5 Å². The van der Waals surface area contributed by atoms with Crippen LogP contribution in [0.15, 0.2) is 24.3 Å². The zero-order chi connectivity index (χ0) is 11.1. The molecule has 15 heavy (non-hydrogen) atoms. The first-order valence-electron chi connectivity index (χ1n) is 5.43. The van der Waals surface area contributed by atoms with Crippen molar-refractivity contribution in [2.75, 3.05) is 13.2 Å². The van der Waals surface area contributed by atoms with Crippen molar-refractivity contribution in [1.82, 2.24) is 0 Å². The molecule has 0 heterocycles. The lowest BCUT2D eigenvalue weighted by Crippen LogP contribution is -2.26. The van der Waals surface area contributed by atoms with E-state index in [0.29, 0.717) is 0 Å². The van der Waals surface area contributed by atoms with Crippen LogP contribution >= 0.6 is 0 Å². The largest absolute Gasteiger partial charge is 0.393 e. The molecule has 3 heteroatoms. The molecule has 0 aliphatic carbocycles. The standard InChI is InChI=1S/C12H19O2Si/c1-4-13-15(14-5-2)10-12-8-6-11(3)7-9-12/h6-9H,4-5,10H2,1-3H3. The summed E-state index contributed by atoms with van der Waals surface area (Å²) < 4.78 is 11.2. The number of aryl methyl sites for hydroxylation is 1. The number of hydrogen-bond acceptors (Lipinski definition) is 2. The van der Waals surface area contributed by atoms with Crippen LogP contribution in [0.4, 0.5) is 0 Å². The minimum atomic E-state index is -1.11. The Morgan fingerprint density at radius 1 is 1.00 bits per heavy atom. The molecular weight excluding hydrogens is 204 g/mol. The third kappa shape index (κ3) is 4.60. The number of hydrogen-bond donors (Lipinski definition) is 0. The van der Waals surface area contributed by atoms with Crippen LogP contribution in [0.1, 0.15) is 25.0 Å². The van der Waals surface area contributed by atoms with E-state index in [1.807, 2.05) is 13.8 Å². The Morgan fingerprint density at radius 2 is 1.53 bits per heavy atom. The first-order valence-corrected chi connectivity index (χ1v) is 6.95. The van der Waals surface area contributed by atoms with Gasteiger partial charge in [-0.15, -0.1) is 0 Å². The molecule has 1 radical (unpaired) electrons. The fourth-order valence-corrected chi connectivity index (χ4v) is 2.84. The summed E-state index contributed by atoms with van der Waals surface area (Å²) in [6.07, 6.45) is 0. The van der Waals surface area contributed by atoms with Gasteiger partial charge in [0.05, 0.1) is 0 Å². The first kappa shape index (κ1) is 12.4. The van der Waals surface area contributed by atoms with E-state index >= 15 is 0 Å². The van der Waals surface area contributed by atoms with Gasteiger partial charge in [-0.3, -0.25) is 0 Å². The van der Waals surface area contributed by atoms with Crippen molar-refractivity contribution < 1.29 is 8.85 Å². The molecule has 1 aromatic rings. The Hall–Kier alpha value is -0.643. The molecule has 0 aromatic heterocycles. The number of rotatable bonds is 6. The van der Waals surface area contributed by atoms with Gasteiger partial charge in [0, 0.05) is 19.3 Å². The molecular formula is C12H19O2Si. The van der Waals surface area contributed by atoms with E-state index in [1.165, 1.54) is 11.1 Å². The molecule has 0 aliphatic heterocycles. The summed E-state index contributed by atoms with van der Waals surface area (Å²) in [6.45, 7) is 7.60. The summed E-state index contributed by atoms with van der Waals surface area (Å²) >= 11 is 0. The zero-order valence-corrected chi connectivity index (χ0v) is 10.7. The maximum atomic E-state index is 5.60. The van der Waals surface area contributed by atoms with Crippen molar-refractivity contribution in [3.8, 4) is 0 Å².